The average Bonchev–Trinajstić information content (AvgIpc) is 2.91. The lowest BCUT2D eigenvalue weighted by atomic mass is 10.2. The molecule has 0 aromatic heterocycles. The van der Waals surface area contributed by atoms with Crippen LogP contribution < -0.4 is 4.90 Å². The number of nitrogens with zero attached hydrogens (tertiary/aromatic N) is 3. The first-order valence-electron chi connectivity index (χ1n) is 8.21. The lowest BCUT2D eigenvalue weighted by molar-refractivity contribution is -0.122. The van der Waals surface area contributed by atoms with Crippen LogP contribution in [-0.2, 0) is 4.79 Å². The van der Waals surface area contributed by atoms with Crippen molar-refractivity contribution in [3.8, 4) is 0 Å². The van der Waals surface area contributed by atoms with Crippen molar-refractivity contribution in [1.29, 1.82) is 0 Å². The summed E-state index contributed by atoms with van der Waals surface area (Å²) in [6.07, 6.45) is 1.93. The van der Waals surface area contributed by atoms with Gasteiger partial charge >= 0.3 is 0 Å². The van der Waals surface area contributed by atoms with Crippen molar-refractivity contribution < 1.29 is 4.79 Å². The molecule has 5 heteroatoms. The molecular formula is C20H21N3OS. The van der Waals surface area contributed by atoms with E-state index in [1.165, 1.54) is 11.8 Å². The van der Waals surface area contributed by atoms with Gasteiger partial charge in [-0.05, 0) is 54.6 Å². The second kappa shape index (κ2) is 7.57. The Bertz CT molecular complexity index is 811. The SMILES string of the molecule is CCN1C(=O)/C(=C/c2ccc(N(C)C)cc2)SC1=Nc1ccccc1. The fourth-order valence-electron chi connectivity index (χ4n) is 2.50. The predicted molar refractivity (Wildman–Crippen MR) is 107 cm³/mol. The summed E-state index contributed by atoms with van der Waals surface area (Å²) >= 11 is 1.43. The molecule has 25 heavy (non-hydrogen) atoms. The Kier molecular flexibility index (Phi) is 5.24. The lowest BCUT2D eigenvalue weighted by Gasteiger charge is -2.12. The second-order valence-electron chi connectivity index (χ2n) is 5.88. The maximum Gasteiger partial charge on any atom is 0.266 e. The number of aliphatic imine (C=N–C) groups is 1. The predicted octanol–water partition coefficient (Wildman–Crippen LogP) is 4.38. The Balaban J connectivity index is 1.88. The van der Waals surface area contributed by atoms with E-state index in [1.807, 2.05) is 81.7 Å². The number of rotatable bonds is 4. The van der Waals surface area contributed by atoms with Gasteiger partial charge in [0.2, 0.25) is 0 Å². The van der Waals surface area contributed by atoms with E-state index < -0.39 is 0 Å². The highest BCUT2D eigenvalue weighted by atomic mass is 32.2. The second-order valence-corrected chi connectivity index (χ2v) is 6.89. The minimum Gasteiger partial charge on any atom is -0.378 e. The summed E-state index contributed by atoms with van der Waals surface area (Å²) in [6.45, 7) is 2.57. The van der Waals surface area contributed by atoms with Crippen LogP contribution in [0.25, 0.3) is 6.08 Å². The third kappa shape index (κ3) is 3.94. The number of benzene rings is 2. The molecule has 0 spiro atoms. The Morgan fingerprint density at radius 1 is 1.08 bits per heavy atom. The normalized spacial score (nSPS) is 17.6. The average molecular weight is 351 g/mol. The van der Waals surface area contributed by atoms with Gasteiger partial charge < -0.3 is 4.90 Å². The molecule has 1 fully saturated rings. The number of thioether (sulfide) groups is 1. The number of anilines is 1. The summed E-state index contributed by atoms with van der Waals surface area (Å²) in [5.74, 6) is 0.0128. The molecule has 0 atom stereocenters. The van der Waals surface area contributed by atoms with E-state index in [-0.39, 0.29) is 5.91 Å². The van der Waals surface area contributed by atoms with Crippen LogP contribution in [0, 0.1) is 0 Å². The van der Waals surface area contributed by atoms with Crippen molar-refractivity contribution in [2.75, 3.05) is 25.5 Å². The van der Waals surface area contributed by atoms with E-state index in [0.717, 1.165) is 22.1 Å². The van der Waals surface area contributed by atoms with Crippen LogP contribution in [0.4, 0.5) is 11.4 Å². The maximum absolute atomic E-state index is 12.7. The van der Waals surface area contributed by atoms with Gasteiger partial charge in [-0.15, -0.1) is 0 Å². The summed E-state index contributed by atoms with van der Waals surface area (Å²) in [5, 5.41) is 0.731. The number of hydrogen-bond acceptors (Lipinski definition) is 4. The molecular weight excluding hydrogens is 330 g/mol. The van der Waals surface area contributed by atoms with Crippen molar-refractivity contribution >= 4 is 40.3 Å². The highest BCUT2D eigenvalue weighted by molar-refractivity contribution is 8.18. The molecule has 2 aromatic carbocycles. The van der Waals surface area contributed by atoms with Crippen molar-refractivity contribution in [3.05, 3.63) is 65.1 Å². The zero-order valence-electron chi connectivity index (χ0n) is 14.6. The highest BCUT2D eigenvalue weighted by Gasteiger charge is 2.32. The van der Waals surface area contributed by atoms with Crippen LogP contribution in [0.2, 0.25) is 0 Å². The van der Waals surface area contributed by atoms with E-state index in [0.29, 0.717) is 11.4 Å². The number of carbonyl (C=O) groups excluding carboxylic acids is 1. The summed E-state index contributed by atoms with van der Waals surface area (Å²) in [4.78, 5) is 21.8. The van der Waals surface area contributed by atoms with Crippen LogP contribution in [0.5, 0.6) is 0 Å². The van der Waals surface area contributed by atoms with Gasteiger partial charge in [0.05, 0.1) is 10.6 Å². The molecule has 0 unspecified atom stereocenters. The summed E-state index contributed by atoms with van der Waals surface area (Å²) in [7, 11) is 4.02. The lowest BCUT2D eigenvalue weighted by Crippen LogP contribution is -2.28. The molecule has 0 aliphatic carbocycles. The van der Waals surface area contributed by atoms with Gasteiger partial charge in [-0.3, -0.25) is 9.69 Å². The largest absolute Gasteiger partial charge is 0.378 e. The highest BCUT2D eigenvalue weighted by Crippen LogP contribution is 2.34. The minimum atomic E-state index is 0.0128. The first-order valence-corrected chi connectivity index (χ1v) is 9.02. The van der Waals surface area contributed by atoms with Gasteiger partial charge in [0, 0.05) is 26.3 Å². The Morgan fingerprint density at radius 2 is 1.76 bits per heavy atom. The standard InChI is InChI=1S/C20H21N3OS/c1-4-23-19(24)18(14-15-10-12-17(13-11-15)22(2)3)25-20(23)21-16-8-6-5-7-9-16/h5-14H,4H2,1-3H3/b18-14-,21-20?. The third-order valence-electron chi connectivity index (χ3n) is 3.89. The van der Waals surface area contributed by atoms with Crippen LogP contribution in [0.3, 0.4) is 0 Å². The van der Waals surface area contributed by atoms with E-state index >= 15 is 0 Å². The molecule has 0 N–H and O–H groups in total. The van der Waals surface area contributed by atoms with E-state index in [1.54, 1.807) is 4.90 Å². The smallest absolute Gasteiger partial charge is 0.266 e. The fraction of sp³-hybridized carbons (Fsp3) is 0.200. The quantitative estimate of drug-likeness (QED) is 0.767. The number of amidine groups is 1. The minimum absolute atomic E-state index is 0.0128. The van der Waals surface area contributed by atoms with Crippen molar-refractivity contribution in [1.82, 2.24) is 4.90 Å². The van der Waals surface area contributed by atoms with E-state index in [4.69, 9.17) is 0 Å². The van der Waals surface area contributed by atoms with E-state index in [2.05, 4.69) is 9.89 Å². The summed E-state index contributed by atoms with van der Waals surface area (Å²) in [6, 6.07) is 17.9. The number of carbonyl (C=O) groups is 1. The molecule has 0 bridgehead atoms. The maximum atomic E-state index is 12.7. The Hall–Kier alpha value is -2.53. The zero-order valence-corrected chi connectivity index (χ0v) is 15.5. The van der Waals surface area contributed by atoms with Crippen LogP contribution in [-0.4, -0.2) is 36.6 Å². The summed E-state index contributed by atoms with van der Waals surface area (Å²) < 4.78 is 0. The molecule has 3 rings (SSSR count). The molecule has 0 saturated carbocycles. The Morgan fingerprint density at radius 3 is 2.36 bits per heavy atom. The number of likely N-dealkylation sites (N-methyl/N-ethyl adjacent to an activating group) is 1. The fourth-order valence-corrected chi connectivity index (χ4v) is 3.57. The molecule has 1 aliphatic rings. The number of hydrogen-bond donors (Lipinski definition) is 0. The van der Waals surface area contributed by atoms with Gasteiger partial charge in [0.25, 0.3) is 5.91 Å². The molecule has 1 aliphatic heterocycles. The van der Waals surface area contributed by atoms with Gasteiger partial charge in [0.15, 0.2) is 5.17 Å². The molecule has 0 radical (unpaired) electrons. The number of para-hydroxylation sites is 1. The van der Waals surface area contributed by atoms with Crippen molar-refractivity contribution in [2.24, 2.45) is 4.99 Å². The molecule has 1 saturated heterocycles. The van der Waals surface area contributed by atoms with Gasteiger partial charge in [0.1, 0.15) is 0 Å². The van der Waals surface area contributed by atoms with Gasteiger partial charge in [-0.1, -0.05) is 30.3 Å². The topological polar surface area (TPSA) is 35.9 Å². The van der Waals surface area contributed by atoms with Gasteiger partial charge in [-0.25, -0.2) is 4.99 Å². The molecule has 1 heterocycles. The van der Waals surface area contributed by atoms with E-state index in [9.17, 15) is 4.79 Å². The van der Waals surface area contributed by atoms with Crippen molar-refractivity contribution in [3.63, 3.8) is 0 Å². The first kappa shape index (κ1) is 17.3. The molecule has 128 valence electrons. The first-order chi connectivity index (χ1) is 12.1. The van der Waals surface area contributed by atoms with Crippen LogP contribution in [0.1, 0.15) is 12.5 Å². The molecule has 2 aromatic rings. The van der Waals surface area contributed by atoms with Gasteiger partial charge in [-0.2, -0.15) is 0 Å². The zero-order chi connectivity index (χ0) is 17.8. The molecule has 4 nitrogen and oxygen atoms in total. The molecule has 1 amide bonds. The van der Waals surface area contributed by atoms with Crippen LogP contribution >= 0.6 is 11.8 Å². The Labute approximate surface area is 152 Å². The van der Waals surface area contributed by atoms with Crippen molar-refractivity contribution in [2.45, 2.75) is 6.92 Å². The monoisotopic (exact) mass is 351 g/mol. The van der Waals surface area contributed by atoms with Crippen LogP contribution in [0.15, 0.2) is 64.5 Å². The number of amides is 1. The third-order valence-corrected chi connectivity index (χ3v) is 4.90. The summed E-state index contributed by atoms with van der Waals surface area (Å²) in [5.41, 5.74) is 3.00.